The van der Waals surface area contributed by atoms with Gasteiger partial charge in [0.05, 0.1) is 6.04 Å². The van der Waals surface area contributed by atoms with E-state index in [-0.39, 0.29) is 11.9 Å². The summed E-state index contributed by atoms with van der Waals surface area (Å²) in [5, 5.41) is 2.83. The minimum atomic E-state index is -0.0764. The fourth-order valence-corrected chi connectivity index (χ4v) is 1.07. The topological polar surface area (TPSA) is 55.1 Å². The first-order valence-corrected chi connectivity index (χ1v) is 4.71. The van der Waals surface area contributed by atoms with Gasteiger partial charge in [-0.1, -0.05) is 27.4 Å². The average Bonchev–Trinajstić information content (AvgIpc) is 2.02. The first-order valence-electron chi connectivity index (χ1n) is 4.71. The number of carbonyl (C=O) groups is 1. The zero-order chi connectivity index (χ0) is 10.4. The number of amides is 1. The van der Waals surface area contributed by atoms with Crippen LogP contribution in [-0.4, -0.2) is 11.9 Å². The fourth-order valence-electron chi connectivity index (χ4n) is 1.07. The molecule has 0 aromatic heterocycles. The fraction of sp³-hybridized carbons (Fsp3) is 0.700. The maximum absolute atomic E-state index is 11.1. The molecule has 0 spiro atoms. The third kappa shape index (κ3) is 5.28. The van der Waals surface area contributed by atoms with Gasteiger partial charge in [0.1, 0.15) is 0 Å². The molecular formula is C10H20N2O. The molecule has 1 amide bonds. The Balaban J connectivity index is 4.10. The molecule has 0 aromatic carbocycles. The number of carbonyl (C=O) groups excluding carboxylic acids is 1. The number of hydrogen-bond donors (Lipinski definition) is 2. The zero-order valence-electron chi connectivity index (χ0n) is 8.76. The average molecular weight is 184 g/mol. The molecule has 3 nitrogen and oxygen atoms in total. The number of hydrogen-bond acceptors (Lipinski definition) is 2. The van der Waals surface area contributed by atoms with E-state index >= 15 is 0 Å². The van der Waals surface area contributed by atoms with E-state index in [1.807, 2.05) is 6.92 Å². The van der Waals surface area contributed by atoms with Crippen molar-refractivity contribution >= 4 is 5.91 Å². The molecule has 0 heterocycles. The minimum absolute atomic E-state index is 0.0252. The highest BCUT2D eigenvalue weighted by Gasteiger charge is 2.13. The molecule has 0 radical (unpaired) electrons. The minimum Gasteiger partial charge on any atom is -0.401 e. The second kappa shape index (κ2) is 5.62. The van der Waals surface area contributed by atoms with E-state index in [1.54, 1.807) is 0 Å². The molecule has 0 aliphatic heterocycles. The van der Waals surface area contributed by atoms with Gasteiger partial charge >= 0.3 is 0 Å². The Labute approximate surface area is 80.4 Å². The molecule has 0 aliphatic carbocycles. The molecule has 0 aliphatic rings. The number of nitrogens with two attached hydrogens (primary N) is 1. The van der Waals surface area contributed by atoms with Crippen LogP contribution in [0.4, 0.5) is 0 Å². The molecule has 0 saturated carbocycles. The lowest BCUT2D eigenvalue weighted by Crippen LogP contribution is -2.38. The van der Waals surface area contributed by atoms with Crippen LogP contribution in [0.15, 0.2) is 12.3 Å². The summed E-state index contributed by atoms with van der Waals surface area (Å²) in [6.45, 7) is 9.66. The van der Waals surface area contributed by atoms with Crippen LogP contribution in [0, 0.1) is 5.92 Å². The molecule has 0 aromatic rings. The van der Waals surface area contributed by atoms with Gasteiger partial charge in [-0.25, -0.2) is 0 Å². The summed E-state index contributed by atoms with van der Waals surface area (Å²) < 4.78 is 0. The lowest BCUT2D eigenvalue weighted by Gasteiger charge is -2.19. The van der Waals surface area contributed by atoms with E-state index < -0.39 is 0 Å². The highest BCUT2D eigenvalue weighted by Crippen LogP contribution is 2.08. The van der Waals surface area contributed by atoms with Gasteiger partial charge in [-0.15, -0.1) is 0 Å². The third-order valence-electron chi connectivity index (χ3n) is 1.81. The van der Waals surface area contributed by atoms with Crippen LogP contribution in [0.2, 0.25) is 0 Å². The van der Waals surface area contributed by atoms with Gasteiger partial charge in [0.15, 0.2) is 0 Å². The van der Waals surface area contributed by atoms with Crippen molar-refractivity contribution < 1.29 is 4.79 Å². The monoisotopic (exact) mass is 184 g/mol. The van der Waals surface area contributed by atoms with E-state index in [4.69, 9.17) is 5.73 Å². The van der Waals surface area contributed by atoms with Crippen molar-refractivity contribution in [2.24, 2.45) is 11.7 Å². The van der Waals surface area contributed by atoms with Crippen LogP contribution in [-0.2, 0) is 4.79 Å². The zero-order valence-corrected chi connectivity index (χ0v) is 8.76. The summed E-state index contributed by atoms with van der Waals surface area (Å²) in [7, 11) is 0. The molecule has 3 heteroatoms. The molecule has 0 saturated heterocycles. The first-order chi connectivity index (χ1) is 5.97. The summed E-state index contributed by atoms with van der Waals surface area (Å²) in [4.78, 5) is 11.1. The summed E-state index contributed by atoms with van der Waals surface area (Å²) >= 11 is 0. The first kappa shape index (κ1) is 12.0. The summed E-state index contributed by atoms with van der Waals surface area (Å²) in [5.74, 6) is 0.528. The van der Waals surface area contributed by atoms with Crippen LogP contribution in [0.3, 0.4) is 0 Å². The largest absolute Gasteiger partial charge is 0.401 e. The van der Waals surface area contributed by atoms with Gasteiger partial charge in [0.25, 0.3) is 0 Å². The second-order valence-corrected chi connectivity index (χ2v) is 3.68. The summed E-state index contributed by atoms with van der Waals surface area (Å²) in [5.41, 5.74) is 6.12. The molecule has 13 heavy (non-hydrogen) atoms. The van der Waals surface area contributed by atoms with Crippen molar-refractivity contribution in [2.45, 2.75) is 39.7 Å². The van der Waals surface area contributed by atoms with Gasteiger partial charge in [-0.3, -0.25) is 4.79 Å². The lowest BCUT2D eigenvalue weighted by atomic mass is 10.0. The summed E-state index contributed by atoms with van der Waals surface area (Å²) in [6, 6.07) is -0.0764. The standard InChI is InChI=1S/C10H20N2O/c1-5-10(13)12-9(8(4)11)6-7(2)3/h7,9H,4-6,11H2,1-3H3,(H,12,13). The van der Waals surface area contributed by atoms with Crippen LogP contribution in [0.25, 0.3) is 0 Å². The van der Waals surface area contributed by atoms with Gasteiger partial charge in [0, 0.05) is 12.1 Å². The Morgan fingerprint density at radius 2 is 2.08 bits per heavy atom. The molecule has 0 fully saturated rings. The van der Waals surface area contributed by atoms with Crippen LogP contribution < -0.4 is 11.1 Å². The van der Waals surface area contributed by atoms with Crippen molar-refractivity contribution in [1.82, 2.24) is 5.32 Å². The Morgan fingerprint density at radius 1 is 1.54 bits per heavy atom. The van der Waals surface area contributed by atoms with E-state index in [9.17, 15) is 4.79 Å². The van der Waals surface area contributed by atoms with Crippen LogP contribution >= 0.6 is 0 Å². The maximum Gasteiger partial charge on any atom is 0.220 e. The Bertz CT molecular complexity index is 187. The predicted molar refractivity (Wildman–Crippen MR) is 55.0 cm³/mol. The van der Waals surface area contributed by atoms with Crippen molar-refractivity contribution in [3.8, 4) is 0 Å². The van der Waals surface area contributed by atoms with Gasteiger partial charge in [-0.05, 0) is 12.3 Å². The second-order valence-electron chi connectivity index (χ2n) is 3.68. The van der Waals surface area contributed by atoms with Crippen molar-refractivity contribution in [3.63, 3.8) is 0 Å². The Morgan fingerprint density at radius 3 is 2.38 bits per heavy atom. The van der Waals surface area contributed by atoms with E-state index in [2.05, 4.69) is 25.7 Å². The quantitative estimate of drug-likeness (QED) is 0.678. The van der Waals surface area contributed by atoms with E-state index in [0.29, 0.717) is 18.0 Å². The van der Waals surface area contributed by atoms with Gasteiger partial charge in [-0.2, -0.15) is 0 Å². The molecular weight excluding hydrogens is 164 g/mol. The lowest BCUT2D eigenvalue weighted by molar-refractivity contribution is -0.121. The van der Waals surface area contributed by atoms with E-state index in [1.165, 1.54) is 0 Å². The van der Waals surface area contributed by atoms with Crippen molar-refractivity contribution in [1.29, 1.82) is 0 Å². The molecule has 76 valence electrons. The highest BCUT2D eigenvalue weighted by molar-refractivity contribution is 5.76. The molecule has 1 atom stereocenters. The molecule has 1 unspecified atom stereocenters. The molecule has 0 rings (SSSR count). The predicted octanol–water partition coefficient (Wildman–Crippen LogP) is 1.40. The highest BCUT2D eigenvalue weighted by atomic mass is 16.1. The summed E-state index contributed by atoms with van der Waals surface area (Å²) in [6.07, 6.45) is 1.34. The number of nitrogens with one attached hydrogen (secondary N) is 1. The third-order valence-corrected chi connectivity index (χ3v) is 1.81. The van der Waals surface area contributed by atoms with Crippen molar-refractivity contribution in [3.05, 3.63) is 12.3 Å². The van der Waals surface area contributed by atoms with Gasteiger partial charge < -0.3 is 11.1 Å². The van der Waals surface area contributed by atoms with Gasteiger partial charge in [0.2, 0.25) is 5.91 Å². The van der Waals surface area contributed by atoms with Crippen LogP contribution in [0.1, 0.15) is 33.6 Å². The Kier molecular flexibility index (Phi) is 5.19. The Hall–Kier alpha value is -0.990. The number of rotatable bonds is 5. The van der Waals surface area contributed by atoms with E-state index in [0.717, 1.165) is 6.42 Å². The molecule has 0 bridgehead atoms. The smallest absolute Gasteiger partial charge is 0.220 e. The SMILES string of the molecule is C=C(N)C(CC(C)C)NC(=O)CC. The molecule has 3 N–H and O–H groups in total. The maximum atomic E-state index is 11.1. The normalized spacial score (nSPS) is 12.6. The van der Waals surface area contributed by atoms with Crippen LogP contribution in [0.5, 0.6) is 0 Å². The van der Waals surface area contributed by atoms with Crippen molar-refractivity contribution in [2.75, 3.05) is 0 Å².